The molecule has 0 aromatic heterocycles. The Morgan fingerprint density at radius 1 is 0.925 bits per heavy atom. The summed E-state index contributed by atoms with van der Waals surface area (Å²) in [5, 5.41) is 12.2. The molecule has 1 saturated heterocycles. The van der Waals surface area contributed by atoms with Gasteiger partial charge in [-0.15, -0.1) is 0 Å². The molecule has 40 heavy (non-hydrogen) atoms. The van der Waals surface area contributed by atoms with Crippen LogP contribution in [0.5, 0.6) is 0 Å². The molecule has 1 aliphatic heterocycles. The van der Waals surface area contributed by atoms with Crippen molar-refractivity contribution >= 4 is 21.7 Å². The Bertz CT molecular complexity index is 1670. The van der Waals surface area contributed by atoms with E-state index in [0.29, 0.717) is 24.6 Å². The van der Waals surface area contributed by atoms with Gasteiger partial charge in [-0.25, -0.2) is 17.8 Å². The van der Waals surface area contributed by atoms with Crippen LogP contribution in [0.2, 0.25) is 0 Å². The van der Waals surface area contributed by atoms with Gasteiger partial charge in [0.05, 0.1) is 16.6 Å². The van der Waals surface area contributed by atoms with E-state index >= 15 is 0 Å². The summed E-state index contributed by atoms with van der Waals surface area (Å²) >= 11 is 0. The van der Waals surface area contributed by atoms with Crippen molar-refractivity contribution in [2.75, 3.05) is 19.6 Å². The van der Waals surface area contributed by atoms with Crippen LogP contribution in [0.25, 0.3) is 11.1 Å². The van der Waals surface area contributed by atoms with Gasteiger partial charge in [0.25, 0.3) is 0 Å². The highest BCUT2D eigenvalue weighted by Gasteiger charge is 2.38. The van der Waals surface area contributed by atoms with Crippen LogP contribution in [-0.2, 0) is 10.0 Å². The van der Waals surface area contributed by atoms with E-state index in [-0.39, 0.29) is 17.3 Å². The molecule has 0 radical (unpaired) electrons. The maximum absolute atomic E-state index is 14.1. The summed E-state index contributed by atoms with van der Waals surface area (Å²) < 4.78 is 43.2. The van der Waals surface area contributed by atoms with Gasteiger partial charge in [0.2, 0.25) is 16.0 Å². The lowest BCUT2D eigenvalue weighted by Gasteiger charge is -2.41. The molecule has 0 saturated carbocycles. The molecule has 1 heterocycles. The van der Waals surface area contributed by atoms with E-state index in [1.807, 2.05) is 72.6 Å². The van der Waals surface area contributed by atoms with Gasteiger partial charge in [-0.2, -0.15) is 9.57 Å². The first kappa shape index (κ1) is 27.1. The number of rotatable bonds is 5. The Morgan fingerprint density at radius 3 is 2.38 bits per heavy atom. The standard InChI is InChI=1S/C31H28FN5O2S/c1-23-8-5-6-13-29(23)35-31(34-22-33)36-18-19-37(30(21-36)25-9-3-2-4-10-25)40(38,39)28-12-7-11-26(20-28)24-14-16-27(32)17-15-24/h2-17,20,30H,18-19,21H2,1H3,(H,34,35). The summed E-state index contributed by atoms with van der Waals surface area (Å²) in [5.74, 6) is 0.0143. The predicted molar refractivity (Wildman–Crippen MR) is 154 cm³/mol. The molecule has 0 amide bonds. The minimum atomic E-state index is -3.92. The van der Waals surface area contributed by atoms with Gasteiger partial charge in [-0.1, -0.05) is 72.8 Å². The number of nitriles is 1. The van der Waals surface area contributed by atoms with Crippen molar-refractivity contribution in [1.29, 1.82) is 5.26 Å². The molecule has 1 fully saturated rings. The first-order valence-corrected chi connectivity index (χ1v) is 14.3. The van der Waals surface area contributed by atoms with Gasteiger partial charge in [-0.3, -0.25) is 5.32 Å². The summed E-state index contributed by atoms with van der Waals surface area (Å²) in [4.78, 5) is 6.78. The molecule has 7 nitrogen and oxygen atoms in total. The molecule has 9 heteroatoms. The van der Waals surface area contributed by atoms with Crippen molar-refractivity contribution in [1.82, 2.24) is 14.5 Å². The monoisotopic (exact) mass is 553 g/mol. The van der Waals surface area contributed by atoms with E-state index in [2.05, 4.69) is 5.32 Å². The van der Waals surface area contributed by atoms with Crippen molar-refractivity contribution in [3.05, 3.63) is 120 Å². The molecule has 1 unspecified atom stereocenters. The Morgan fingerprint density at radius 2 is 1.65 bits per heavy atom. The first-order chi connectivity index (χ1) is 19.4. The van der Waals surface area contributed by atoms with Crippen LogP contribution in [0.4, 0.5) is 10.1 Å². The van der Waals surface area contributed by atoms with Crippen LogP contribution in [0.1, 0.15) is 17.2 Å². The fourth-order valence-electron chi connectivity index (χ4n) is 4.84. The van der Waals surface area contributed by atoms with Crippen LogP contribution in [-0.4, -0.2) is 43.2 Å². The maximum Gasteiger partial charge on any atom is 0.243 e. The van der Waals surface area contributed by atoms with Crippen molar-refractivity contribution in [3.63, 3.8) is 0 Å². The lowest BCUT2D eigenvalue weighted by Crippen LogP contribution is -2.54. The number of piperazine rings is 1. The predicted octanol–water partition coefficient (Wildman–Crippen LogP) is 5.61. The highest BCUT2D eigenvalue weighted by Crippen LogP contribution is 2.33. The van der Waals surface area contributed by atoms with E-state index < -0.39 is 16.1 Å². The molecule has 4 aromatic rings. The molecular weight excluding hydrogens is 525 g/mol. The summed E-state index contributed by atoms with van der Waals surface area (Å²) in [6.07, 6.45) is 1.97. The van der Waals surface area contributed by atoms with Crippen molar-refractivity contribution < 1.29 is 12.8 Å². The average Bonchev–Trinajstić information content (AvgIpc) is 2.98. The smallest absolute Gasteiger partial charge is 0.243 e. The zero-order valence-corrected chi connectivity index (χ0v) is 22.7. The number of sulfonamides is 1. The van der Waals surface area contributed by atoms with E-state index in [9.17, 15) is 18.1 Å². The molecule has 0 spiro atoms. The van der Waals surface area contributed by atoms with Gasteiger partial charge in [0, 0.05) is 19.6 Å². The molecule has 202 valence electrons. The number of hydrogen-bond donors (Lipinski definition) is 1. The fraction of sp³-hybridized carbons (Fsp3) is 0.161. The van der Waals surface area contributed by atoms with Gasteiger partial charge >= 0.3 is 0 Å². The third-order valence-electron chi connectivity index (χ3n) is 6.94. The van der Waals surface area contributed by atoms with E-state index in [0.717, 1.165) is 22.4 Å². The second-order valence-corrected chi connectivity index (χ2v) is 11.4. The molecule has 1 atom stereocenters. The molecule has 0 aliphatic carbocycles. The van der Waals surface area contributed by atoms with E-state index in [1.165, 1.54) is 16.4 Å². The fourth-order valence-corrected chi connectivity index (χ4v) is 6.48. The molecule has 1 aliphatic rings. The molecule has 4 aromatic carbocycles. The molecule has 5 rings (SSSR count). The second kappa shape index (κ2) is 11.7. The summed E-state index contributed by atoms with van der Waals surface area (Å²) in [7, 11) is -3.92. The zero-order valence-electron chi connectivity index (χ0n) is 21.9. The van der Waals surface area contributed by atoms with Crippen molar-refractivity contribution in [2.24, 2.45) is 4.99 Å². The number of aliphatic imine (C=N–C) groups is 1. The number of benzene rings is 4. The summed E-state index contributed by atoms with van der Waals surface area (Å²) in [6.45, 7) is 2.75. The van der Waals surface area contributed by atoms with Crippen LogP contribution < -0.4 is 5.32 Å². The first-order valence-electron chi connectivity index (χ1n) is 12.8. The van der Waals surface area contributed by atoms with Crippen LogP contribution in [0, 0.1) is 24.2 Å². The molecule has 0 bridgehead atoms. The summed E-state index contributed by atoms with van der Waals surface area (Å²) in [5.41, 5.74) is 3.92. The van der Waals surface area contributed by atoms with Crippen molar-refractivity contribution in [3.8, 4) is 17.3 Å². The van der Waals surface area contributed by atoms with Crippen LogP contribution in [0.15, 0.2) is 113 Å². The largest absolute Gasteiger partial charge is 0.339 e. The van der Waals surface area contributed by atoms with Gasteiger partial charge < -0.3 is 4.90 Å². The number of guanidine groups is 1. The number of nitrogens with zero attached hydrogens (tertiary/aromatic N) is 4. The van der Waals surface area contributed by atoms with E-state index in [1.54, 1.807) is 36.4 Å². The van der Waals surface area contributed by atoms with Gasteiger partial charge in [0.1, 0.15) is 5.82 Å². The Balaban J connectivity index is 1.50. The Labute approximate surface area is 233 Å². The minimum absolute atomic E-state index is 0.160. The Kier molecular flexibility index (Phi) is 7.91. The van der Waals surface area contributed by atoms with Gasteiger partial charge in [-0.05, 0) is 59.5 Å². The third-order valence-corrected chi connectivity index (χ3v) is 8.85. The number of halogens is 1. The van der Waals surface area contributed by atoms with Crippen molar-refractivity contribution in [2.45, 2.75) is 17.9 Å². The third kappa shape index (κ3) is 5.73. The maximum atomic E-state index is 14.1. The number of nitrogens with one attached hydrogen (secondary N) is 1. The van der Waals surface area contributed by atoms with Crippen LogP contribution in [0.3, 0.4) is 0 Å². The lowest BCUT2D eigenvalue weighted by molar-refractivity contribution is 0.192. The quantitative estimate of drug-likeness (QED) is 0.150. The highest BCUT2D eigenvalue weighted by atomic mass is 32.2. The Hall–Kier alpha value is -4.52. The SMILES string of the molecule is Cc1ccccc1N=C(NC#N)N1CCN(S(=O)(=O)c2cccc(-c3ccc(F)cc3)c2)C(c2ccccc2)C1. The minimum Gasteiger partial charge on any atom is -0.339 e. The zero-order chi connectivity index (χ0) is 28.1. The second-order valence-electron chi connectivity index (χ2n) is 9.48. The van der Waals surface area contributed by atoms with E-state index in [4.69, 9.17) is 4.99 Å². The molecular formula is C31H28FN5O2S. The topological polar surface area (TPSA) is 88.8 Å². The highest BCUT2D eigenvalue weighted by molar-refractivity contribution is 7.89. The average molecular weight is 554 g/mol. The number of para-hydroxylation sites is 1. The summed E-state index contributed by atoms with van der Waals surface area (Å²) in [6, 6.07) is 29.2. The number of aryl methyl sites for hydroxylation is 1. The molecule has 1 N–H and O–H groups in total. The normalized spacial score (nSPS) is 16.4. The van der Waals surface area contributed by atoms with Gasteiger partial charge in [0.15, 0.2) is 6.19 Å². The number of hydrogen-bond acceptors (Lipinski definition) is 4. The van der Waals surface area contributed by atoms with Crippen LogP contribution >= 0.6 is 0 Å². The lowest BCUT2D eigenvalue weighted by atomic mass is 10.0.